The van der Waals surface area contributed by atoms with Gasteiger partial charge in [0.25, 0.3) is 5.91 Å². The van der Waals surface area contributed by atoms with Gasteiger partial charge in [-0.1, -0.05) is 39.0 Å². The second-order valence-electron chi connectivity index (χ2n) is 8.60. The molecule has 0 atom stereocenters. The Morgan fingerprint density at radius 3 is 2.13 bits per heavy atom. The number of rotatable bonds is 7. The summed E-state index contributed by atoms with van der Waals surface area (Å²) in [4.78, 5) is 26.6. The molecule has 3 rings (SSSR count). The molecular formula is C24H31N3O4. The molecule has 0 radical (unpaired) electrons. The molecule has 1 heterocycles. The van der Waals surface area contributed by atoms with E-state index >= 15 is 0 Å². The first-order chi connectivity index (χ1) is 14.8. The summed E-state index contributed by atoms with van der Waals surface area (Å²) in [6.07, 6.45) is 0. The molecule has 2 amide bonds. The lowest BCUT2D eigenvalue weighted by atomic mass is 9.86. The van der Waals surface area contributed by atoms with E-state index in [-0.39, 0.29) is 23.8 Å². The van der Waals surface area contributed by atoms with Crippen LogP contribution in [0.25, 0.3) is 0 Å². The minimum atomic E-state index is -0.243. The summed E-state index contributed by atoms with van der Waals surface area (Å²) in [7, 11) is 0. The fraction of sp³-hybridized carbons (Fsp3) is 0.417. The molecule has 166 valence electrons. The third-order valence-electron chi connectivity index (χ3n) is 4.98. The Labute approximate surface area is 183 Å². The number of amides is 2. The van der Waals surface area contributed by atoms with E-state index in [4.69, 9.17) is 9.47 Å². The molecule has 0 aromatic heterocycles. The van der Waals surface area contributed by atoms with E-state index < -0.39 is 0 Å². The SMILES string of the molecule is CC(C)(C)c1ccccc1OCC(=O)Nc1ccc(NC(=O)CN2CCOCC2)cc1. The molecule has 1 aliphatic heterocycles. The average molecular weight is 426 g/mol. The number of morpholine rings is 1. The maximum absolute atomic E-state index is 12.3. The molecule has 0 saturated carbocycles. The molecule has 0 aliphatic carbocycles. The number of hydrogen-bond acceptors (Lipinski definition) is 5. The molecule has 7 heteroatoms. The average Bonchev–Trinajstić information content (AvgIpc) is 2.74. The fourth-order valence-electron chi connectivity index (χ4n) is 3.35. The summed E-state index contributed by atoms with van der Waals surface area (Å²) in [6.45, 7) is 9.44. The van der Waals surface area contributed by atoms with Crippen LogP contribution in [-0.4, -0.2) is 56.2 Å². The van der Waals surface area contributed by atoms with Crippen molar-refractivity contribution in [2.75, 3.05) is 50.1 Å². The van der Waals surface area contributed by atoms with Crippen molar-refractivity contribution >= 4 is 23.2 Å². The summed E-state index contributed by atoms with van der Waals surface area (Å²) >= 11 is 0. The number of benzene rings is 2. The van der Waals surface area contributed by atoms with Crippen molar-refractivity contribution in [1.82, 2.24) is 4.90 Å². The summed E-state index contributed by atoms with van der Waals surface area (Å²) in [5.74, 6) is 0.404. The number of para-hydroxylation sites is 1. The fourth-order valence-corrected chi connectivity index (χ4v) is 3.35. The van der Waals surface area contributed by atoms with Gasteiger partial charge in [0.2, 0.25) is 5.91 Å². The van der Waals surface area contributed by atoms with Gasteiger partial charge in [-0.15, -0.1) is 0 Å². The first-order valence-electron chi connectivity index (χ1n) is 10.5. The normalized spacial score (nSPS) is 14.7. The van der Waals surface area contributed by atoms with E-state index in [9.17, 15) is 9.59 Å². The molecule has 31 heavy (non-hydrogen) atoms. The van der Waals surface area contributed by atoms with Gasteiger partial charge in [-0.05, 0) is 41.3 Å². The molecular weight excluding hydrogens is 394 g/mol. The van der Waals surface area contributed by atoms with Crippen molar-refractivity contribution in [1.29, 1.82) is 0 Å². The lowest BCUT2D eigenvalue weighted by molar-refractivity contribution is -0.119. The minimum absolute atomic E-state index is 0.0652. The van der Waals surface area contributed by atoms with Gasteiger partial charge >= 0.3 is 0 Å². The predicted molar refractivity (Wildman–Crippen MR) is 122 cm³/mol. The second-order valence-corrected chi connectivity index (χ2v) is 8.60. The van der Waals surface area contributed by atoms with Crippen LogP contribution in [0.2, 0.25) is 0 Å². The van der Waals surface area contributed by atoms with Crippen LogP contribution >= 0.6 is 0 Å². The zero-order valence-corrected chi connectivity index (χ0v) is 18.4. The van der Waals surface area contributed by atoms with Gasteiger partial charge < -0.3 is 20.1 Å². The Hall–Kier alpha value is -2.90. The number of anilines is 2. The van der Waals surface area contributed by atoms with E-state index in [1.54, 1.807) is 24.3 Å². The lowest BCUT2D eigenvalue weighted by Crippen LogP contribution is -2.41. The van der Waals surface area contributed by atoms with Crippen molar-refractivity contribution in [2.24, 2.45) is 0 Å². The zero-order valence-electron chi connectivity index (χ0n) is 18.4. The molecule has 1 saturated heterocycles. The highest BCUT2D eigenvalue weighted by Gasteiger charge is 2.19. The summed E-state index contributed by atoms with van der Waals surface area (Å²) < 4.78 is 11.1. The maximum Gasteiger partial charge on any atom is 0.262 e. The van der Waals surface area contributed by atoms with E-state index in [0.717, 1.165) is 18.7 Å². The molecule has 7 nitrogen and oxygen atoms in total. The van der Waals surface area contributed by atoms with Crippen molar-refractivity contribution in [2.45, 2.75) is 26.2 Å². The van der Waals surface area contributed by atoms with Gasteiger partial charge in [-0.3, -0.25) is 14.5 Å². The molecule has 2 aromatic rings. The van der Waals surface area contributed by atoms with Crippen LogP contribution < -0.4 is 15.4 Å². The second kappa shape index (κ2) is 10.4. The number of nitrogens with zero attached hydrogens (tertiary/aromatic N) is 1. The van der Waals surface area contributed by atoms with Crippen LogP contribution in [0.5, 0.6) is 5.75 Å². The van der Waals surface area contributed by atoms with Crippen LogP contribution in [0.1, 0.15) is 26.3 Å². The third kappa shape index (κ3) is 7.08. The Morgan fingerprint density at radius 2 is 1.52 bits per heavy atom. The van der Waals surface area contributed by atoms with Crippen molar-refractivity contribution in [3.63, 3.8) is 0 Å². The molecule has 2 aromatic carbocycles. The van der Waals surface area contributed by atoms with Crippen LogP contribution in [0.4, 0.5) is 11.4 Å². The summed E-state index contributed by atoms with van der Waals surface area (Å²) in [6, 6.07) is 14.8. The first-order valence-corrected chi connectivity index (χ1v) is 10.5. The van der Waals surface area contributed by atoms with Crippen molar-refractivity contribution in [3.05, 3.63) is 54.1 Å². The largest absolute Gasteiger partial charge is 0.483 e. The monoisotopic (exact) mass is 425 g/mol. The lowest BCUT2D eigenvalue weighted by Gasteiger charge is -2.25. The van der Waals surface area contributed by atoms with Crippen molar-refractivity contribution < 1.29 is 19.1 Å². The zero-order chi connectivity index (χ0) is 22.3. The quantitative estimate of drug-likeness (QED) is 0.712. The Bertz CT molecular complexity index is 884. The van der Waals surface area contributed by atoms with Crippen molar-refractivity contribution in [3.8, 4) is 5.75 Å². The van der Waals surface area contributed by atoms with Gasteiger partial charge in [0.1, 0.15) is 5.75 Å². The van der Waals surface area contributed by atoms with E-state index in [1.165, 1.54) is 0 Å². The molecule has 2 N–H and O–H groups in total. The minimum Gasteiger partial charge on any atom is -0.483 e. The standard InChI is InChI=1S/C24H31N3O4/c1-24(2,3)20-6-4-5-7-21(20)31-17-23(29)26-19-10-8-18(9-11-19)25-22(28)16-27-12-14-30-15-13-27/h4-11H,12-17H2,1-3H3,(H,25,28)(H,26,29). The van der Waals surface area contributed by atoms with E-state index in [2.05, 4.69) is 36.3 Å². The van der Waals surface area contributed by atoms with Crippen LogP contribution in [0.15, 0.2) is 48.5 Å². The van der Waals surface area contributed by atoms with Crippen LogP contribution in [-0.2, 0) is 19.7 Å². The molecule has 0 spiro atoms. The van der Waals surface area contributed by atoms with Crippen LogP contribution in [0.3, 0.4) is 0 Å². The summed E-state index contributed by atoms with van der Waals surface area (Å²) in [5, 5.41) is 5.70. The predicted octanol–water partition coefficient (Wildman–Crippen LogP) is 3.27. The molecule has 0 bridgehead atoms. The van der Waals surface area contributed by atoms with E-state index in [0.29, 0.717) is 36.9 Å². The van der Waals surface area contributed by atoms with Gasteiger partial charge in [0.05, 0.1) is 19.8 Å². The Kier molecular flexibility index (Phi) is 7.65. The first kappa shape index (κ1) is 22.8. The van der Waals surface area contributed by atoms with E-state index in [1.807, 2.05) is 24.3 Å². The summed E-state index contributed by atoms with van der Waals surface area (Å²) in [5.41, 5.74) is 2.31. The van der Waals surface area contributed by atoms with Gasteiger partial charge in [-0.2, -0.15) is 0 Å². The third-order valence-corrected chi connectivity index (χ3v) is 4.98. The van der Waals surface area contributed by atoms with Gasteiger partial charge in [0.15, 0.2) is 6.61 Å². The highest BCUT2D eigenvalue weighted by Crippen LogP contribution is 2.30. The van der Waals surface area contributed by atoms with Crippen LogP contribution in [0, 0.1) is 0 Å². The molecule has 1 aliphatic rings. The number of carbonyl (C=O) groups is 2. The number of nitrogens with one attached hydrogen (secondary N) is 2. The number of ether oxygens (including phenoxy) is 2. The Balaban J connectivity index is 1.47. The maximum atomic E-state index is 12.3. The highest BCUT2D eigenvalue weighted by molar-refractivity contribution is 5.94. The number of hydrogen-bond donors (Lipinski definition) is 2. The van der Waals surface area contributed by atoms with Gasteiger partial charge in [-0.25, -0.2) is 0 Å². The molecule has 1 fully saturated rings. The topological polar surface area (TPSA) is 79.9 Å². The van der Waals surface area contributed by atoms with Gasteiger partial charge in [0, 0.05) is 24.5 Å². The molecule has 0 unspecified atom stereocenters. The smallest absolute Gasteiger partial charge is 0.262 e. The Morgan fingerprint density at radius 1 is 0.935 bits per heavy atom. The highest BCUT2D eigenvalue weighted by atomic mass is 16.5. The number of carbonyl (C=O) groups excluding carboxylic acids is 2.